The SMILES string of the molecule is CCOc1ccc(C2=C[C@H](c3cccc(OC)c3)c3ccccc3O2)cc1. The highest BCUT2D eigenvalue weighted by atomic mass is 16.5. The van der Waals surface area contributed by atoms with Gasteiger partial charge in [-0.05, 0) is 61.0 Å². The Balaban J connectivity index is 1.76. The van der Waals surface area contributed by atoms with Gasteiger partial charge in [-0.1, -0.05) is 30.3 Å². The third kappa shape index (κ3) is 3.54. The number of hydrogen-bond donors (Lipinski definition) is 0. The fourth-order valence-electron chi connectivity index (χ4n) is 3.37. The van der Waals surface area contributed by atoms with Crippen molar-refractivity contribution in [2.45, 2.75) is 12.8 Å². The van der Waals surface area contributed by atoms with Crippen LogP contribution in [0.4, 0.5) is 0 Å². The molecule has 3 aromatic rings. The Kier molecular flexibility index (Phi) is 4.84. The maximum absolute atomic E-state index is 6.22. The van der Waals surface area contributed by atoms with Crippen LogP contribution in [0.25, 0.3) is 5.76 Å². The van der Waals surface area contributed by atoms with E-state index in [1.165, 1.54) is 5.56 Å². The van der Waals surface area contributed by atoms with Crippen molar-refractivity contribution in [1.82, 2.24) is 0 Å². The summed E-state index contributed by atoms with van der Waals surface area (Å²) in [5.41, 5.74) is 3.36. The summed E-state index contributed by atoms with van der Waals surface area (Å²) in [6, 6.07) is 24.4. The number of fused-ring (bicyclic) bond motifs is 1. The molecule has 0 aromatic heterocycles. The van der Waals surface area contributed by atoms with E-state index in [9.17, 15) is 0 Å². The predicted molar refractivity (Wildman–Crippen MR) is 107 cm³/mol. The normalized spacial score (nSPS) is 15.3. The zero-order valence-corrected chi connectivity index (χ0v) is 15.5. The van der Waals surface area contributed by atoms with Gasteiger partial charge in [0.1, 0.15) is 23.0 Å². The van der Waals surface area contributed by atoms with Gasteiger partial charge in [-0.15, -0.1) is 0 Å². The summed E-state index contributed by atoms with van der Waals surface area (Å²) in [7, 11) is 1.69. The van der Waals surface area contributed by atoms with Crippen LogP contribution < -0.4 is 14.2 Å². The highest BCUT2D eigenvalue weighted by molar-refractivity contribution is 5.68. The van der Waals surface area contributed by atoms with E-state index in [4.69, 9.17) is 14.2 Å². The Bertz CT molecular complexity index is 957. The molecule has 136 valence electrons. The van der Waals surface area contributed by atoms with Crippen LogP contribution in [-0.4, -0.2) is 13.7 Å². The lowest BCUT2D eigenvalue weighted by Gasteiger charge is -2.25. The van der Waals surface area contributed by atoms with Crippen LogP contribution in [0.1, 0.15) is 29.5 Å². The molecular weight excluding hydrogens is 336 g/mol. The van der Waals surface area contributed by atoms with Crippen molar-refractivity contribution in [3.05, 3.63) is 95.6 Å². The van der Waals surface area contributed by atoms with Crippen molar-refractivity contribution < 1.29 is 14.2 Å². The van der Waals surface area contributed by atoms with Crippen molar-refractivity contribution in [2.75, 3.05) is 13.7 Å². The molecule has 0 bridgehead atoms. The number of benzene rings is 3. The van der Waals surface area contributed by atoms with E-state index in [1.54, 1.807) is 7.11 Å². The average Bonchev–Trinajstić information content (AvgIpc) is 2.74. The van der Waals surface area contributed by atoms with Gasteiger partial charge in [-0.2, -0.15) is 0 Å². The van der Waals surface area contributed by atoms with Crippen LogP contribution in [0.3, 0.4) is 0 Å². The van der Waals surface area contributed by atoms with E-state index >= 15 is 0 Å². The highest BCUT2D eigenvalue weighted by Crippen LogP contribution is 2.41. The first-order valence-electron chi connectivity index (χ1n) is 9.14. The zero-order valence-electron chi connectivity index (χ0n) is 15.5. The molecule has 3 aromatic carbocycles. The lowest BCUT2D eigenvalue weighted by atomic mass is 9.87. The predicted octanol–water partition coefficient (Wildman–Crippen LogP) is 5.66. The lowest BCUT2D eigenvalue weighted by molar-refractivity contribution is 0.340. The molecule has 3 heteroatoms. The Labute approximate surface area is 159 Å². The van der Waals surface area contributed by atoms with Crippen LogP contribution >= 0.6 is 0 Å². The summed E-state index contributed by atoms with van der Waals surface area (Å²) in [5, 5.41) is 0. The summed E-state index contributed by atoms with van der Waals surface area (Å²) in [6.45, 7) is 2.64. The van der Waals surface area contributed by atoms with Crippen LogP contribution in [0.5, 0.6) is 17.2 Å². The quantitative estimate of drug-likeness (QED) is 0.589. The van der Waals surface area contributed by atoms with Crippen molar-refractivity contribution in [1.29, 1.82) is 0 Å². The minimum absolute atomic E-state index is 0.103. The molecule has 0 unspecified atom stereocenters. The second-order valence-electron chi connectivity index (χ2n) is 6.38. The van der Waals surface area contributed by atoms with Crippen LogP contribution in [0.2, 0.25) is 0 Å². The minimum Gasteiger partial charge on any atom is -0.497 e. The molecule has 0 radical (unpaired) electrons. The molecule has 0 saturated carbocycles. The Hall–Kier alpha value is -3.20. The second-order valence-corrected chi connectivity index (χ2v) is 6.38. The van der Waals surface area contributed by atoms with Gasteiger partial charge >= 0.3 is 0 Å². The molecule has 0 fully saturated rings. The third-order valence-electron chi connectivity index (χ3n) is 4.69. The van der Waals surface area contributed by atoms with E-state index in [1.807, 2.05) is 61.5 Å². The molecular formula is C24H22O3. The van der Waals surface area contributed by atoms with Gasteiger partial charge in [-0.25, -0.2) is 0 Å². The van der Waals surface area contributed by atoms with Gasteiger partial charge in [0.15, 0.2) is 0 Å². The number of para-hydroxylation sites is 1. The number of hydrogen-bond acceptors (Lipinski definition) is 3. The molecule has 0 N–H and O–H groups in total. The highest BCUT2D eigenvalue weighted by Gasteiger charge is 2.24. The standard InChI is InChI=1S/C24H22O3/c1-3-26-19-13-11-17(12-14-19)24-16-22(18-7-6-8-20(15-18)25-2)21-9-4-5-10-23(21)27-24/h4-16,22H,3H2,1-2H3/t22-/m1/s1. The van der Waals surface area contributed by atoms with E-state index < -0.39 is 0 Å². The van der Waals surface area contributed by atoms with E-state index in [2.05, 4.69) is 24.3 Å². The van der Waals surface area contributed by atoms with Gasteiger partial charge in [0.2, 0.25) is 0 Å². The van der Waals surface area contributed by atoms with Gasteiger partial charge < -0.3 is 14.2 Å². The minimum atomic E-state index is 0.103. The third-order valence-corrected chi connectivity index (χ3v) is 4.69. The number of allylic oxidation sites excluding steroid dienone is 1. The fraction of sp³-hybridized carbons (Fsp3) is 0.167. The summed E-state index contributed by atoms with van der Waals surface area (Å²) < 4.78 is 17.2. The molecule has 1 heterocycles. The van der Waals surface area contributed by atoms with Crippen LogP contribution in [0.15, 0.2) is 78.9 Å². The molecule has 3 nitrogen and oxygen atoms in total. The van der Waals surface area contributed by atoms with Crippen molar-refractivity contribution in [3.63, 3.8) is 0 Å². The number of methoxy groups -OCH3 is 1. The zero-order chi connectivity index (χ0) is 18.6. The molecule has 0 amide bonds. The smallest absolute Gasteiger partial charge is 0.131 e. The van der Waals surface area contributed by atoms with E-state index in [0.29, 0.717) is 6.61 Å². The van der Waals surface area contributed by atoms with Crippen LogP contribution in [-0.2, 0) is 0 Å². The summed E-state index contributed by atoms with van der Waals surface area (Å²) in [4.78, 5) is 0. The monoisotopic (exact) mass is 358 g/mol. The average molecular weight is 358 g/mol. The maximum Gasteiger partial charge on any atom is 0.131 e. The number of ether oxygens (including phenoxy) is 3. The molecule has 27 heavy (non-hydrogen) atoms. The molecule has 1 aliphatic heterocycles. The first kappa shape index (κ1) is 17.2. The summed E-state index contributed by atoms with van der Waals surface area (Å²) >= 11 is 0. The lowest BCUT2D eigenvalue weighted by Crippen LogP contribution is -2.10. The second kappa shape index (κ2) is 7.58. The molecule has 0 aliphatic carbocycles. The Morgan fingerprint density at radius 3 is 2.48 bits per heavy atom. The maximum atomic E-state index is 6.22. The first-order chi connectivity index (χ1) is 13.3. The first-order valence-corrected chi connectivity index (χ1v) is 9.14. The van der Waals surface area contributed by atoms with Crippen LogP contribution in [0, 0.1) is 0 Å². The van der Waals surface area contributed by atoms with Gasteiger partial charge in [-0.3, -0.25) is 0 Å². The molecule has 0 saturated heterocycles. The van der Waals surface area contributed by atoms with Gasteiger partial charge in [0, 0.05) is 17.0 Å². The largest absolute Gasteiger partial charge is 0.497 e. The molecule has 1 atom stereocenters. The Morgan fingerprint density at radius 2 is 1.70 bits per heavy atom. The topological polar surface area (TPSA) is 27.7 Å². The van der Waals surface area contributed by atoms with Crippen molar-refractivity contribution >= 4 is 5.76 Å². The summed E-state index contributed by atoms with van der Waals surface area (Å²) in [6.07, 6.45) is 2.17. The van der Waals surface area contributed by atoms with E-state index in [-0.39, 0.29) is 5.92 Å². The summed E-state index contributed by atoms with van der Waals surface area (Å²) in [5.74, 6) is 3.56. The fourth-order valence-corrected chi connectivity index (χ4v) is 3.37. The van der Waals surface area contributed by atoms with Crippen molar-refractivity contribution in [2.24, 2.45) is 0 Å². The molecule has 4 rings (SSSR count). The van der Waals surface area contributed by atoms with Gasteiger partial charge in [0.25, 0.3) is 0 Å². The van der Waals surface area contributed by atoms with Crippen molar-refractivity contribution in [3.8, 4) is 17.2 Å². The molecule has 0 spiro atoms. The van der Waals surface area contributed by atoms with Gasteiger partial charge in [0.05, 0.1) is 13.7 Å². The molecule has 1 aliphatic rings. The number of rotatable bonds is 5. The van der Waals surface area contributed by atoms with E-state index in [0.717, 1.165) is 34.1 Å². The Morgan fingerprint density at radius 1 is 0.889 bits per heavy atom.